The number of nitro groups is 1. The molecule has 2 unspecified atom stereocenters. The maximum atomic E-state index is 11.1. The Morgan fingerprint density at radius 3 is 2.95 bits per heavy atom. The lowest BCUT2D eigenvalue weighted by atomic mass is 9.87. The minimum absolute atomic E-state index is 0.0631. The Bertz CT molecular complexity index is 672. The van der Waals surface area contributed by atoms with Gasteiger partial charge in [-0.15, -0.1) is 0 Å². The molecule has 1 aliphatic rings. The molecule has 1 aromatic carbocycles. The third-order valence-electron chi connectivity index (χ3n) is 4.24. The molecule has 5 nitrogen and oxygen atoms in total. The van der Waals surface area contributed by atoms with Crippen LogP contribution in [-0.2, 0) is 0 Å². The summed E-state index contributed by atoms with van der Waals surface area (Å²) in [6, 6.07) is 7.46. The number of anilines is 1. The predicted octanol–water partition coefficient (Wildman–Crippen LogP) is 4.13. The van der Waals surface area contributed by atoms with E-state index in [4.69, 9.17) is 0 Å². The fourth-order valence-electron chi connectivity index (χ4n) is 3.22. The Morgan fingerprint density at radius 2 is 2.19 bits per heavy atom. The monoisotopic (exact) mass is 285 g/mol. The SMILES string of the molecule is CC1CCCC(Nc2ccnc3c([N+](=O)[O-])cccc23)C1. The van der Waals surface area contributed by atoms with Crippen molar-refractivity contribution in [2.75, 3.05) is 5.32 Å². The van der Waals surface area contributed by atoms with Gasteiger partial charge in [0, 0.05) is 29.4 Å². The first kappa shape index (κ1) is 13.8. The summed E-state index contributed by atoms with van der Waals surface area (Å²) in [5.74, 6) is 0.735. The largest absolute Gasteiger partial charge is 0.382 e. The van der Waals surface area contributed by atoms with Gasteiger partial charge in [-0.3, -0.25) is 10.1 Å². The average Bonchev–Trinajstić information content (AvgIpc) is 2.47. The first-order chi connectivity index (χ1) is 10.1. The van der Waals surface area contributed by atoms with Crippen molar-refractivity contribution < 1.29 is 4.92 Å². The van der Waals surface area contributed by atoms with Crippen LogP contribution in [0.25, 0.3) is 10.9 Å². The van der Waals surface area contributed by atoms with E-state index in [0.717, 1.165) is 29.8 Å². The zero-order chi connectivity index (χ0) is 14.8. The van der Waals surface area contributed by atoms with E-state index < -0.39 is 0 Å². The van der Waals surface area contributed by atoms with Crippen molar-refractivity contribution in [3.05, 3.63) is 40.6 Å². The second-order valence-corrected chi connectivity index (χ2v) is 5.90. The van der Waals surface area contributed by atoms with E-state index in [1.54, 1.807) is 12.3 Å². The fourth-order valence-corrected chi connectivity index (χ4v) is 3.22. The number of nitrogens with zero attached hydrogens (tertiary/aromatic N) is 2. The van der Waals surface area contributed by atoms with E-state index in [9.17, 15) is 10.1 Å². The molecule has 0 spiro atoms. The van der Waals surface area contributed by atoms with Crippen LogP contribution in [0.4, 0.5) is 11.4 Å². The second kappa shape index (κ2) is 5.68. The van der Waals surface area contributed by atoms with Crippen molar-refractivity contribution >= 4 is 22.3 Å². The third kappa shape index (κ3) is 2.82. The van der Waals surface area contributed by atoms with Gasteiger partial charge in [0.25, 0.3) is 5.69 Å². The molecule has 3 rings (SSSR count). The number of non-ortho nitro benzene ring substituents is 1. The molecule has 0 amide bonds. The van der Waals surface area contributed by atoms with Crippen LogP contribution in [0.1, 0.15) is 32.6 Å². The first-order valence-electron chi connectivity index (χ1n) is 7.44. The molecule has 0 aliphatic heterocycles. The van der Waals surface area contributed by atoms with E-state index in [0.29, 0.717) is 11.6 Å². The fraction of sp³-hybridized carbons (Fsp3) is 0.438. The van der Waals surface area contributed by atoms with Gasteiger partial charge in [0.15, 0.2) is 0 Å². The summed E-state index contributed by atoms with van der Waals surface area (Å²) in [6.45, 7) is 2.28. The highest BCUT2D eigenvalue weighted by molar-refractivity contribution is 5.96. The summed E-state index contributed by atoms with van der Waals surface area (Å²) < 4.78 is 0. The van der Waals surface area contributed by atoms with Crippen molar-refractivity contribution in [2.45, 2.75) is 38.6 Å². The maximum Gasteiger partial charge on any atom is 0.295 e. The lowest BCUT2D eigenvalue weighted by Gasteiger charge is -2.28. The number of fused-ring (bicyclic) bond motifs is 1. The molecule has 1 aliphatic carbocycles. The summed E-state index contributed by atoms with van der Waals surface area (Å²) in [7, 11) is 0. The van der Waals surface area contributed by atoms with Gasteiger partial charge in [0.1, 0.15) is 5.52 Å². The topological polar surface area (TPSA) is 68.1 Å². The van der Waals surface area contributed by atoms with Gasteiger partial charge < -0.3 is 5.32 Å². The van der Waals surface area contributed by atoms with Gasteiger partial charge in [-0.05, 0) is 24.8 Å². The van der Waals surface area contributed by atoms with Crippen LogP contribution < -0.4 is 5.32 Å². The molecule has 0 saturated heterocycles. The Morgan fingerprint density at radius 1 is 1.33 bits per heavy atom. The van der Waals surface area contributed by atoms with Crippen LogP contribution in [0.2, 0.25) is 0 Å². The van der Waals surface area contributed by atoms with Gasteiger partial charge in [-0.1, -0.05) is 31.9 Å². The maximum absolute atomic E-state index is 11.1. The molecular weight excluding hydrogens is 266 g/mol. The number of para-hydroxylation sites is 1. The third-order valence-corrected chi connectivity index (χ3v) is 4.24. The molecular formula is C16H19N3O2. The first-order valence-corrected chi connectivity index (χ1v) is 7.44. The highest BCUT2D eigenvalue weighted by Gasteiger charge is 2.20. The van der Waals surface area contributed by atoms with Crippen molar-refractivity contribution in [1.82, 2.24) is 4.98 Å². The highest BCUT2D eigenvalue weighted by Crippen LogP contribution is 2.31. The van der Waals surface area contributed by atoms with Gasteiger partial charge in [-0.2, -0.15) is 0 Å². The Balaban J connectivity index is 1.95. The number of pyridine rings is 1. The summed E-state index contributed by atoms with van der Waals surface area (Å²) in [5.41, 5.74) is 1.47. The van der Waals surface area contributed by atoms with Crippen molar-refractivity contribution in [3.63, 3.8) is 0 Å². The van der Waals surface area contributed by atoms with Gasteiger partial charge in [0.05, 0.1) is 4.92 Å². The Hall–Kier alpha value is -2.17. The van der Waals surface area contributed by atoms with E-state index in [2.05, 4.69) is 17.2 Å². The zero-order valence-corrected chi connectivity index (χ0v) is 12.1. The number of hydrogen-bond acceptors (Lipinski definition) is 4. The van der Waals surface area contributed by atoms with Gasteiger partial charge in [0.2, 0.25) is 0 Å². The smallest absolute Gasteiger partial charge is 0.295 e. The van der Waals surface area contributed by atoms with Crippen LogP contribution in [0.3, 0.4) is 0 Å². The normalized spacial score (nSPS) is 22.1. The number of nitrogens with one attached hydrogen (secondary N) is 1. The van der Waals surface area contributed by atoms with Crippen molar-refractivity contribution in [2.24, 2.45) is 5.92 Å². The lowest BCUT2D eigenvalue weighted by Crippen LogP contribution is -2.26. The van der Waals surface area contributed by atoms with E-state index in [1.165, 1.54) is 18.9 Å². The van der Waals surface area contributed by atoms with Crippen LogP contribution in [0, 0.1) is 16.0 Å². The predicted molar refractivity (Wildman–Crippen MR) is 83.4 cm³/mol. The van der Waals surface area contributed by atoms with Crippen molar-refractivity contribution in [3.8, 4) is 0 Å². The number of nitro benzene ring substituents is 1. The number of hydrogen-bond donors (Lipinski definition) is 1. The molecule has 1 aromatic heterocycles. The molecule has 110 valence electrons. The van der Waals surface area contributed by atoms with Crippen LogP contribution >= 0.6 is 0 Å². The molecule has 1 heterocycles. The second-order valence-electron chi connectivity index (χ2n) is 5.90. The molecule has 0 bridgehead atoms. The standard InChI is InChI=1S/C16H19N3O2/c1-11-4-2-5-12(10-11)18-14-8-9-17-16-13(14)6-3-7-15(16)19(20)21/h3,6-9,11-12H,2,4-5,10H2,1H3,(H,17,18). The summed E-state index contributed by atoms with van der Waals surface area (Å²) >= 11 is 0. The molecule has 1 N–H and O–H groups in total. The summed E-state index contributed by atoms with van der Waals surface area (Å²) in [4.78, 5) is 14.9. The van der Waals surface area contributed by atoms with Crippen LogP contribution in [0.15, 0.2) is 30.5 Å². The molecule has 1 saturated carbocycles. The van der Waals surface area contributed by atoms with Gasteiger partial charge >= 0.3 is 0 Å². The number of rotatable bonds is 3. The van der Waals surface area contributed by atoms with Crippen LogP contribution in [0.5, 0.6) is 0 Å². The Kier molecular flexibility index (Phi) is 3.73. The number of aromatic nitrogens is 1. The summed E-state index contributed by atoms with van der Waals surface area (Å²) in [6.07, 6.45) is 6.48. The number of benzene rings is 1. The van der Waals surface area contributed by atoms with Crippen LogP contribution in [-0.4, -0.2) is 15.9 Å². The minimum Gasteiger partial charge on any atom is -0.382 e. The molecule has 5 heteroatoms. The van der Waals surface area contributed by atoms with E-state index >= 15 is 0 Å². The average molecular weight is 285 g/mol. The molecule has 1 fully saturated rings. The molecule has 2 aromatic rings. The molecule has 21 heavy (non-hydrogen) atoms. The van der Waals surface area contributed by atoms with Gasteiger partial charge in [-0.25, -0.2) is 4.98 Å². The zero-order valence-electron chi connectivity index (χ0n) is 12.1. The lowest BCUT2D eigenvalue weighted by molar-refractivity contribution is -0.383. The van der Waals surface area contributed by atoms with E-state index in [1.807, 2.05) is 12.1 Å². The quantitative estimate of drug-likeness (QED) is 0.680. The Labute approximate surface area is 123 Å². The van der Waals surface area contributed by atoms with Crippen molar-refractivity contribution in [1.29, 1.82) is 0 Å². The summed E-state index contributed by atoms with van der Waals surface area (Å²) in [5, 5.41) is 15.5. The highest BCUT2D eigenvalue weighted by atomic mass is 16.6. The molecule has 2 atom stereocenters. The minimum atomic E-state index is -0.373. The molecule has 0 radical (unpaired) electrons. The van der Waals surface area contributed by atoms with E-state index in [-0.39, 0.29) is 10.6 Å².